The molecule has 13 nitrogen and oxygen atoms in total. The molecule has 1 aromatic heterocycles. The van der Waals surface area contributed by atoms with E-state index in [0.717, 1.165) is 16.5 Å². The molecule has 3 fully saturated rings. The molecule has 1 amide bonds. The maximum Gasteiger partial charge on any atom is 0.408 e. The van der Waals surface area contributed by atoms with Gasteiger partial charge in [-0.3, -0.25) is 14.6 Å². The minimum Gasteiger partial charge on any atom is -0.453 e. The summed E-state index contributed by atoms with van der Waals surface area (Å²) in [5.41, 5.74) is -1.87. The fourth-order valence-electron chi connectivity index (χ4n) is 8.55. The normalized spacial score (nSPS) is 37.2. The molecule has 0 bridgehead atoms. The number of ketones is 2. The topological polar surface area (TPSA) is 163 Å². The predicted octanol–water partition coefficient (Wildman–Crippen LogP) is 5.11. The number of aromatic nitrogens is 1. The third-order valence-electron chi connectivity index (χ3n) is 11.6. The van der Waals surface area contributed by atoms with Gasteiger partial charge in [0.25, 0.3) is 0 Å². The number of rotatable bonds is 8. The largest absolute Gasteiger partial charge is 0.453 e. The number of cyclic esters (lactones) is 1. The minimum atomic E-state index is -4.69. The van der Waals surface area contributed by atoms with Crippen LogP contribution in [-0.2, 0) is 38.1 Å². The molecule has 3 aliphatic heterocycles. The van der Waals surface area contributed by atoms with Gasteiger partial charge in [0.05, 0.1) is 41.9 Å². The molecule has 0 saturated carbocycles. The maximum atomic E-state index is 16.2. The van der Waals surface area contributed by atoms with Crippen LogP contribution < -0.4 is 5.32 Å². The number of benzene rings is 1. The van der Waals surface area contributed by atoms with E-state index in [2.05, 4.69) is 10.3 Å². The van der Waals surface area contributed by atoms with E-state index in [4.69, 9.17) is 23.7 Å². The van der Waals surface area contributed by atoms with Gasteiger partial charge in [0.2, 0.25) is 5.78 Å². The molecule has 12 atom stereocenters. The average molecular weight is 788 g/mol. The van der Waals surface area contributed by atoms with Crippen molar-refractivity contribution in [3.8, 4) is 0 Å². The van der Waals surface area contributed by atoms with E-state index in [9.17, 15) is 24.3 Å². The predicted molar refractivity (Wildman–Crippen MR) is 201 cm³/mol. The Hall–Kier alpha value is -3.89. The van der Waals surface area contributed by atoms with Crippen LogP contribution in [0.4, 0.5) is 13.6 Å². The molecule has 15 heteroatoms. The second-order valence-corrected chi connectivity index (χ2v) is 16.1. The first kappa shape index (κ1) is 43.2. The minimum absolute atomic E-state index is 0.0768. The second-order valence-electron chi connectivity index (χ2n) is 16.1. The van der Waals surface area contributed by atoms with Gasteiger partial charge in [0.15, 0.2) is 11.9 Å². The summed E-state index contributed by atoms with van der Waals surface area (Å²) in [6.45, 7) is 10.6. The number of aliphatic hydroxyl groups is 1. The van der Waals surface area contributed by atoms with Crippen LogP contribution in [-0.4, -0.2) is 119 Å². The van der Waals surface area contributed by atoms with Crippen molar-refractivity contribution in [2.75, 3.05) is 20.7 Å². The third kappa shape index (κ3) is 8.66. The Morgan fingerprint density at radius 1 is 1.07 bits per heavy atom. The number of para-hydroxylation sites is 1. The maximum absolute atomic E-state index is 16.2. The Labute approximate surface area is 326 Å². The SMILES string of the molecule is CC[C@H]1OC(=O)C(F)(F)C(=O)[C@H](C)[C@@H](O[C@@H]2O[C@H](C)C[C@H](N(C)C)[C@H]2O)[C@@](C)(OC/C=C/c2cnc3ccccc3c2)C[C@@H](C)C(=O)[C@H](C)[C@H]2NC(=O)O[C@@]21C. The number of pyridine rings is 1. The van der Waals surface area contributed by atoms with Crippen LogP contribution in [0, 0.1) is 17.8 Å². The molecular weight excluding hydrogens is 732 g/mol. The van der Waals surface area contributed by atoms with Gasteiger partial charge in [-0.05, 0) is 71.8 Å². The molecule has 2 aromatic rings. The Kier molecular flexibility index (Phi) is 13.1. The quantitative estimate of drug-likeness (QED) is 0.269. The van der Waals surface area contributed by atoms with Gasteiger partial charge in [0, 0.05) is 29.5 Å². The highest BCUT2D eigenvalue weighted by atomic mass is 19.3. The fourth-order valence-corrected chi connectivity index (χ4v) is 8.55. The molecule has 56 heavy (non-hydrogen) atoms. The summed E-state index contributed by atoms with van der Waals surface area (Å²) in [6.07, 6.45) is -1.75. The van der Waals surface area contributed by atoms with Gasteiger partial charge in [-0.25, -0.2) is 9.59 Å². The van der Waals surface area contributed by atoms with Crippen LogP contribution >= 0.6 is 0 Å². The molecular formula is C41H55F2N3O10. The Morgan fingerprint density at radius 3 is 2.45 bits per heavy atom. The third-order valence-corrected chi connectivity index (χ3v) is 11.6. The Bertz CT molecular complexity index is 1810. The zero-order chi connectivity index (χ0) is 41.3. The summed E-state index contributed by atoms with van der Waals surface area (Å²) in [7, 11) is 3.54. The monoisotopic (exact) mass is 787 g/mol. The van der Waals surface area contributed by atoms with Crippen molar-refractivity contribution in [3.63, 3.8) is 0 Å². The lowest BCUT2D eigenvalue weighted by Gasteiger charge is -2.47. The number of carbonyl (C=O) groups is 4. The number of Topliss-reactive ketones (excluding diaryl/α,β-unsaturated/α-hetero) is 2. The van der Waals surface area contributed by atoms with Crippen LogP contribution in [0.3, 0.4) is 0 Å². The number of amides is 1. The fraction of sp³-hybridized carbons (Fsp3) is 0.634. The number of esters is 1. The number of alkyl carbamates (subject to hydrolysis) is 1. The lowest BCUT2D eigenvalue weighted by atomic mass is 9.74. The number of ether oxygens (including phenoxy) is 5. The molecule has 0 radical (unpaired) electrons. The second kappa shape index (κ2) is 16.9. The first-order valence-electron chi connectivity index (χ1n) is 19.2. The van der Waals surface area contributed by atoms with E-state index in [1.54, 1.807) is 72.0 Å². The molecule has 3 saturated heterocycles. The lowest BCUT2D eigenvalue weighted by Crippen LogP contribution is -2.61. The van der Waals surface area contributed by atoms with Crippen LogP contribution in [0.2, 0.25) is 0 Å². The smallest absolute Gasteiger partial charge is 0.408 e. The van der Waals surface area contributed by atoms with Crippen molar-refractivity contribution in [2.24, 2.45) is 17.8 Å². The molecule has 3 aliphatic rings. The summed E-state index contributed by atoms with van der Waals surface area (Å²) in [6, 6.07) is 7.99. The van der Waals surface area contributed by atoms with Gasteiger partial charge in [0.1, 0.15) is 18.0 Å². The van der Waals surface area contributed by atoms with Gasteiger partial charge < -0.3 is 39.0 Å². The van der Waals surface area contributed by atoms with Gasteiger partial charge in [-0.15, -0.1) is 0 Å². The average Bonchev–Trinajstić information content (AvgIpc) is 3.47. The highest BCUT2D eigenvalue weighted by molar-refractivity contribution is 6.06. The summed E-state index contributed by atoms with van der Waals surface area (Å²) in [5.74, 6) is -12.6. The number of aliphatic hydroxyl groups excluding tert-OH is 1. The number of alkyl halides is 2. The summed E-state index contributed by atoms with van der Waals surface area (Å²) in [4.78, 5) is 60.6. The molecule has 0 spiro atoms. The van der Waals surface area contributed by atoms with E-state index < -0.39 is 95.5 Å². The number of hydrogen-bond acceptors (Lipinski definition) is 12. The standard InChI is InChI=1S/C41H55F2N3O10/c1-10-30-40(7)33(45-38(51)56-40)24(4)31(47)22(2)20-39(6,52-17-13-14-26-19-27-15-11-12-16-28(27)44-21-26)35(25(5)34(49)41(42,43)37(50)54-30)55-36-32(48)29(46(8)9)18-23(3)53-36/h11-16,19,21-25,29-30,32-33,35-36,48H,10,17-18,20H2,1-9H3,(H,45,51)/b14-13+/t22-,23-,24+,25+,29+,30-,32-,33-,35-,36+,39+,40-/m1/s1. The van der Waals surface area contributed by atoms with Gasteiger partial charge in [-0.2, -0.15) is 8.78 Å². The zero-order valence-corrected chi connectivity index (χ0v) is 33.5. The van der Waals surface area contributed by atoms with Crippen LogP contribution in [0.25, 0.3) is 17.0 Å². The number of fused-ring (bicyclic) bond motifs is 2. The first-order chi connectivity index (χ1) is 26.2. The summed E-state index contributed by atoms with van der Waals surface area (Å²) < 4.78 is 62.2. The molecule has 0 aliphatic carbocycles. The highest BCUT2D eigenvalue weighted by Crippen LogP contribution is 2.41. The van der Waals surface area contributed by atoms with E-state index in [0.29, 0.717) is 6.42 Å². The van der Waals surface area contributed by atoms with E-state index >= 15 is 8.78 Å². The van der Waals surface area contributed by atoms with Crippen molar-refractivity contribution >= 4 is 40.6 Å². The van der Waals surface area contributed by atoms with Gasteiger partial charge >= 0.3 is 18.0 Å². The number of nitrogens with zero attached hydrogens (tertiary/aromatic N) is 2. The van der Waals surface area contributed by atoms with E-state index in [-0.39, 0.29) is 25.2 Å². The summed E-state index contributed by atoms with van der Waals surface area (Å²) >= 11 is 0. The molecule has 5 rings (SSSR count). The van der Waals surface area contributed by atoms with Crippen molar-refractivity contribution in [1.29, 1.82) is 0 Å². The lowest BCUT2D eigenvalue weighted by molar-refractivity contribution is -0.297. The number of nitrogens with one attached hydrogen (secondary N) is 1. The number of hydrogen-bond donors (Lipinski definition) is 2. The molecule has 2 N–H and O–H groups in total. The van der Waals surface area contributed by atoms with E-state index in [1.807, 2.05) is 30.3 Å². The van der Waals surface area contributed by atoms with Crippen LogP contribution in [0.1, 0.15) is 73.3 Å². The summed E-state index contributed by atoms with van der Waals surface area (Å²) in [5, 5.41) is 15.0. The Balaban J connectivity index is 1.58. The Morgan fingerprint density at radius 2 is 1.77 bits per heavy atom. The van der Waals surface area contributed by atoms with Crippen molar-refractivity contribution < 1.29 is 56.7 Å². The molecule has 308 valence electrons. The number of carbonyl (C=O) groups excluding carboxylic acids is 4. The van der Waals surface area contributed by atoms with E-state index in [1.165, 1.54) is 13.8 Å². The van der Waals surface area contributed by atoms with Crippen LogP contribution in [0.15, 0.2) is 42.6 Å². The first-order valence-corrected chi connectivity index (χ1v) is 19.2. The zero-order valence-electron chi connectivity index (χ0n) is 33.5. The highest BCUT2D eigenvalue weighted by Gasteiger charge is 2.61. The van der Waals surface area contributed by atoms with Crippen molar-refractivity contribution in [1.82, 2.24) is 15.2 Å². The molecule has 4 heterocycles. The van der Waals surface area contributed by atoms with Crippen molar-refractivity contribution in [3.05, 3.63) is 48.2 Å². The molecule has 1 aromatic carbocycles. The number of likely N-dealkylation sites (N-methyl/N-ethyl adjacent to an activating group) is 1. The van der Waals surface area contributed by atoms with Gasteiger partial charge in [-0.1, -0.05) is 58.0 Å². The van der Waals surface area contributed by atoms with Crippen molar-refractivity contribution in [2.45, 2.75) is 128 Å². The van der Waals surface area contributed by atoms with Crippen LogP contribution in [0.5, 0.6) is 0 Å². The molecule has 0 unspecified atom stereocenters. The number of halogens is 2.